The van der Waals surface area contributed by atoms with Crippen molar-refractivity contribution >= 4 is 19.7 Å². The Labute approximate surface area is 477 Å². The van der Waals surface area contributed by atoms with E-state index in [0.29, 0.717) is 17.4 Å². The Kier molecular flexibility index (Phi) is 55.3. The Morgan fingerprint density at radius 1 is 0.455 bits per heavy atom. The summed E-state index contributed by atoms with van der Waals surface area (Å²) < 4.78 is 30.7. The molecule has 0 aliphatic rings. The first-order chi connectivity index (χ1) is 37.4. The van der Waals surface area contributed by atoms with Crippen LogP contribution in [-0.4, -0.2) is 74.3 Å². The number of unbranched alkanes of at least 4 members (excludes halogenated alkanes) is 35. The number of hydrogen-bond donors (Lipinski definition) is 2. The average molecular weight is 1100 g/mol. The van der Waals surface area contributed by atoms with E-state index >= 15 is 0 Å². The smallest absolute Gasteiger partial charge is 0.456 e. The van der Waals surface area contributed by atoms with Gasteiger partial charge in [-0.15, -0.1) is 0 Å². The number of allylic oxidation sites excluding steroid dienone is 9. The van der Waals surface area contributed by atoms with Gasteiger partial charge in [-0.2, -0.15) is 0 Å². The van der Waals surface area contributed by atoms with Gasteiger partial charge in [0.15, 0.2) is 0 Å². The highest BCUT2D eigenvalue weighted by molar-refractivity contribution is 7.47. The fraction of sp³-hybridized carbons (Fsp3) is 0.821. The molecule has 0 bridgehead atoms. The van der Waals surface area contributed by atoms with Gasteiger partial charge in [0.1, 0.15) is 19.3 Å². The lowest BCUT2D eigenvalue weighted by molar-refractivity contribution is -0.870. The van der Waals surface area contributed by atoms with Gasteiger partial charge in [-0.3, -0.25) is 18.6 Å². The first kappa shape index (κ1) is 74.7. The molecule has 0 saturated heterocycles. The van der Waals surface area contributed by atoms with E-state index in [1.165, 1.54) is 173 Å². The highest BCUT2D eigenvalue weighted by Gasteiger charge is 2.30. The molecule has 0 fully saturated rings. The Bertz CT molecular complexity index is 1500. The summed E-state index contributed by atoms with van der Waals surface area (Å²) in [6, 6.07) is -0.852. The number of rotatable bonds is 59. The minimum absolute atomic E-state index is 0.0385. The monoisotopic (exact) mass is 1100 g/mol. The number of quaternary nitrogens is 1. The predicted octanol–water partition coefficient (Wildman–Crippen LogP) is 20.2. The molecular formula is C67H126N2O7P+. The second-order valence-corrected chi connectivity index (χ2v) is 24.7. The molecule has 3 unspecified atom stereocenters. The van der Waals surface area contributed by atoms with Gasteiger partial charge in [0.05, 0.1) is 33.8 Å². The number of carbonyl (C=O) groups is 2. The molecule has 450 valence electrons. The maximum atomic E-state index is 13.5. The third kappa shape index (κ3) is 58.2. The van der Waals surface area contributed by atoms with E-state index in [1.807, 2.05) is 33.3 Å². The molecule has 0 aliphatic carbocycles. The molecule has 0 radical (unpaired) electrons. The van der Waals surface area contributed by atoms with Gasteiger partial charge < -0.3 is 19.4 Å². The number of amides is 1. The van der Waals surface area contributed by atoms with E-state index in [4.69, 9.17) is 13.8 Å². The van der Waals surface area contributed by atoms with Crippen LogP contribution in [0.3, 0.4) is 0 Å². The van der Waals surface area contributed by atoms with Crippen LogP contribution in [0.2, 0.25) is 0 Å². The fourth-order valence-electron chi connectivity index (χ4n) is 9.34. The summed E-state index contributed by atoms with van der Waals surface area (Å²) >= 11 is 0. The zero-order valence-electron chi connectivity index (χ0n) is 51.5. The molecule has 1 amide bonds. The molecule has 0 saturated carbocycles. The molecule has 0 aliphatic heterocycles. The summed E-state index contributed by atoms with van der Waals surface area (Å²) in [6.07, 6.45) is 72.3. The number of likely N-dealkylation sites (N-methyl/N-ethyl adjacent to an activating group) is 1. The Balaban J connectivity index is 5.02. The zero-order valence-corrected chi connectivity index (χ0v) is 52.3. The van der Waals surface area contributed by atoms with Crippen LogP contribution in [0.25, 0.3) is 0 Å². The van der Waals surface area contributed by atoms with Crippen molar-refractivity contribution in [2.45, 2.75) is 315 Å². The molecule has 0 aromatic rings. The van der Waals surface area contributed by atoms with E-state index in [2.05, 4.69) is 74.7 Å². The molecule has 77 heavy (non-hydrogen) atoms. The molecule has 9 nitrogen and oxygen atoms in total. The Hall–Kier alpha value is -2.29. The normalized spacial score (nSPS) is 14.0. The van der Waals surface area contributed by atoms with Gasteiger partial charge in [0.25, 0.3) is 0 Å². The van der Waals surface area contributed by atoms with Crippen LogP contribution >= 0.6 is 7.82 Å². The maximum absolute atomic E-state index is 13.5. The predicted molar refractivity (Wildman–Crippen MR) is 332 cm³/mol. The van der Waals surface area contributed by atoms with Gasteiger partial charge in [-0.05, 0) is 89.5 Å². The number of ether oxygens (including phenoxy) is 1. The van der Waals surface area contributed by atoms with Crippen LogP contribution in [0.1, 0.15) is 303 Å². The van der Waals surface area contributed by atoms with Crippen molar-refractivity contribution in [1.82, 2.24) is 5.32 Å². The molecule has 0 heterocycles. The number of nitrogens with one attached hydrogen (secondary N) is 1. The molecule has 3 atom stereocenters. The van der Waals surface area contributed by atoms with Crippen LogP contribution in [0.5, 0.6) is 0 Å². The second-order valence-electron chi connectivity index (χ2n) is 23.3. The number of nitrogens with zero attached hydrogens (tertiary/aromatic N) is 1. The van der Waals surface area contributed by atoms with Gasteiger partial charge in [-0.1, -0.05) is 262 Å². The van der Waals surface area contributed by atoms with E-state index in [0.717, 1.165) is 96.3 Å². The maximum Gasteiger partial charge on any atom is 0.472 e. The van der Waals surface area contributed by atoms with E-state index in [-0.39, 0.29) is 31.5 Å². The number of phosphoric acid groups is 1. The molecule has 0 aromatic heterocycles. The van der Waals surface area contributed by atoms with Gasteiger partial charge in [-0.25, -0.2) is 4.57 Å². The molecule has 2 N–H and O–H groups in total. The summed E-state index contributed by atoms with van der Waals surface area (Å²) in [7, 11) is 1.49. The number of esters is 1. The SMILES string of the molecule is CCCC/C=C\CCCCCCCC(=O)NC(COP(=O)(O)OCC[N+](C)(C)C)C(/C=C\CCCCCCCCCCCCC)OC(=O)CCCCCCCCCCCCCCCC/C=C\C/C=C\C/C=C\CCCCC. The summed E-state index contributed by atoms with van der Waals surface area (Å²) in [6.45, 7) is 6.96. The number of hydrogen-bond acceptors (Lipinski definition) is 6. The number of phosphoric ester groups is 1. The minimum Gasteiger partial charge on any atom is -0.456 e. The quantitative estimate of drug-likeness (QED) is 0.0205. The molecule has 10 heteroatoms. The van der Waals surface area contributed by atoms with E-state index in [9.17, 15) is 19.0 Å². The van der Waals surface area contributed by atoms with Gasteiger partial charge >= 0.3 is 13.8 Å². The molecule has 0 spiro atoms. The van der Waals surface area contributed by atoms with Crippen molar-refractivity contribution in [2.75, 3.05) is 40.9 Å². The Morgan fingerprint density at radius 2 is 0.805 bits per heavy atom. The lowest BCUT2D eigenvalue weighted by Gasteiger charge is -2.27. The van der Waals surface area contributed by atoms with Crippen LogP contribution in [0.15, 0.2) is 60.8 Å². The topological polar surface area (TPSA) is 111 Å². The first-order valence-electron chi connectivity index (χ1n) is 32.6. The van der Waals surface area contributed by atoms with Crippen LogP contribution in [-0.2, 0) is 27.9 Å². The zero-order chi connectivity index (χ0) is 56.4. The first-order valence-corrected chi connectivity index (χ1v) is 34.1. The average Bonchev–Trinajstić information content (AvgIpc) is 3.39. The van der Waals surface area contributed by atoms with Gasteiger partial charge in [0.2, 0.25) is 5.91 Å². The molecule has 0 rings (SSSR count). The van der Waals surface area contributed by atoms with Crippen molar-refractivity contribution in [2.24, 2.45) is 0 Å². The second kappa shape index (κ2) is 57.0. The number of carbonyl (C=O) groups excluding carboxylic acids is 2. The summed E-state index contributed by atoms with van der Waals surface area (Å²) in [4.78, 5) is 37.7. The summed E-state index contributed by atoms with van der Waals surface area (Å²) in [5.74, 6) is -0.510. The van der Waals surface area contributed by atoms with Crippen LogP contribution in [0, 0.1) is 0 Å². The van der Waals surface area contributed by atoms with Crippen molar-refractivity contribution < 1.29 is 37.3 Å². The third-order valence-corrected chi connectivity index (χ3v) is 15.4. The highest BCUT2D eigenvalue weighted by atomic mass is 31.2. The highest BCUT2D eigenvalue weighted by Crippen LogP contribution is 2.43. The standard InChI is InChI=1S/C67H125N2O7P/c1-7-10-13-16-19-22-25-27-28-29-30-31-32-33-34-35-36-37-38-39-40-42-45-48-51-54-57-60-67(71)76-65(58-55-52-49-46-44-41-26-23-20-17-14-11-8-2)64(63-75-77(72,73)74-62-61-69(4,5)6)68-66(70)59-56-53-50-47-43-24-21-18-15-12-9-3/h18-19,21-22,27-28,30-31,55,58,64-65H,7-17,20,23-26,29,32-54,56-57,59-63H2,1-6H3,(H-,68,70,72,73)/p+1/b21-18-,22-19-,28-27-,31-30-,58-55-. The third-order valence-electron chi connectivity index (χ3n) is 14.4. The van der Waals surface area contributed by atoms with Crippen molar-refractivity contribution in [3.63, 3.8) is 0 Å². The Morgan fingerprint density at radius 3 is 1.26 bits per heavy atom. The lowest BCUT2D eigenvalue weighted by atomic mass is 10.0. The van der Waals surface area contributed by atoms with Crippen molar-refractivity contribution in [3.8, 4) is 0 Å². The van der Waals surface area contributed by atoms with E-state index < -0.39 is 20.0 Å². The largest absolute Gasteiger partial charge is 0.472 e. The summed E-state index contributed by atoms with van der Waals surface area (Å²) in [5, 5.41) is 3.05. The van der Waals surface area contributed by atoms with Gasteiger partial charge in [0, 0.05) is 12.8 Å². The van der Waals surface area contributed by atoms with E-state index in [1.54, 1.807) is 0 Å². The van der Waals surface area contributed by atoms with Crippen LogP contribution < -0.4 is 5.32 Å². The molecular weight excluding hydrogens is 976 g/mol. The lowest BCUT2D eigenvalue weighted by Crippen LogP contribution is -2.47. The summed E-state index contributed by atoms with van der Waals surface area (Å²) in [5.41, 5.74) is 0. The molecule has 0 aromatic carbocycles. The minimum atomic E-state index is -4.45. The van der Waals surface area contributed by atoms with Crippen molar-refractivity contribution in [3.05, 3.63) is 60.8 Å². The van der Waals surface area contributed by atoms with Crippen LogP contribution in [0.4, 0.5) is 0 Å². The fourth-order valence-corrected chi connectivity index (χ4v) is 10.1. The van der Waals surface area contributed by atoms with Crippen molar-refractivity contribution in [1.29, 1.82) is 0 Å².